The van der Waals surface area contributed by atoms with Gasteiger partial charge in [-0.05, 0) is 56.0 Å². The lowest BCUT2D eigenvalue weighted by atomic mass is 9.89. The van der Waals surface area contributed by atoms with E-state index < -0.39 is 17.2 Å². The molecule has 1 amide bonds. The zero-order valence-electron chi connectivity index (χ0n) is 19.0. The van der Waals surface area contributed by atoms with E-state index in [0.717, 1.165) is 57.1 Å². The van der Waals surface area contributed by atoms with E-state index in [2.05, 4.69) is 34.5 Å². The van der Waals surface area contributed by atoms with Gasteiger partial charge in [0.15, 0.2) is 0 Å². The second kappa shape index (κ2) is 10.6. The summed E-state index contributed by atoms with van der Waals surface area (Å²) >= 11 is 0. The highest BCUT2D eigenvalue weighted by atomic mass is 19.1. The average molecular weight is 458 g/mol. The average Bonchev–Trinajstić information content (AvgIpc) is 2.83. The lowest BCUT2D eigenvalue weighted by Gasteiger charge is -2.38. The number of hydrogen-bond donors (Lipinski definition) is 2. The third-order valence-corrected chi connectivity index (χ3v) is 7.06. The van der Waals surface area contributed by atoms with E-state index in [4.69, 9.17) is 0 Å². The zero-order chi connectivity index (χ0) is 23.3. The molecule has 2 aromatic rings. The smallest absolute Gasteiger partial charge is 0.252 e. The molecule has 0 aliphatic carbocycles. The van der Waals surface area contributed by atoms with Crippen molar-refractivity contribution in [3.8, 4) is 0 Å². The highest BCUT2D eigenvalue weighted by molar-refractivity contribution is 5.85. The molecule has 5 nitrogen and oxygen atoms in total. The van der Waals surface area contributed by atoms with Crippen LogP contribution in [-0.4, -0.2) is 54.2 Å². The second-order valence-corrected chi connectivity index (χ2v) is 9.36. The maximum atomic E-state index is 14.0. The molecule has 2 N–H and O–H groups in total. The van der Waals surface area contributed by atoms with E-state index in [9.17, 15) is 18.7 Å². The molecular formula is C26H33F2N3O2. The molecule has 7 heteroatoms. The summed E-state index contributed by atoms with van der Waals surface area (Å²) in [6.45, 7) is 4.24. The van der Waals surface area contributed by atoms with Gasteiger partial charge in [-0.1, -0.05) is 30.3 Å². The summed E-state index contributed by atoms with van der Waals surface area (Å²) in [6, 6.07) is 13.8. The number of anilines is 1. The number of benzene rings is 2. The summed E-state index contributed by atoms with van der Waals surface area (Å²) in [5.74, 6) is -0.787. The van der Waals surface area contributed by atoms with Crippen molar-refractivity contribution in [2.75, 3.05) is 37.6 Å². The molecule has 2 saturated heterocycles. The van der Waals surface area contributed by atoms with E-state index in [0.29, 0.717) is 25.6 Å². The number of carbonyl (C=O) groups excluding carboxylic acids is 1. The molecule has 33 heavy (non-hydrogen) atoms. The molecular weight excluding hydrogens is 424 g/mol. The fourth-order valence-corrected chi connectivity index (χ4v) is 4.90. The molecule has 2 heterocycles. The predicted octanol–water partition coefficient (Wildman–Crippen LogP) is 3.71. The minimum absolute atomic E-state index is 0.177. The monoisotopic (exact) mass is 457 g/mol. The third kappa shape index (κ3) is 6.09. The summed E-state index contributed by atoms with van der Waals surface area (Å²) in [4.78, 5) is 16.8. The highest BCUT2D eigenvalue weighted by Crippen LogP contribution is 2.29. The summed E-state index contributed by atoms with van der Waals surface area (Å²) < 4.78 is 27.5. The van der Waals surface area contributed by atoms with Gasteiger partial charge in [-0.15, -0.1) is 0 Å². The first-order chi connectivity index (χ1) is 15.9. The molecule has 2 aliphatic rings. The van der Waals surface area contributed by atoms with Crippen molar-refractivity contribution in [1.82, 2.24) is 10.2 Å². The number of rotatable bonds is 7. The van der Waals surface area contributed by atoms with Crippen molar-refractivity contribution < 1.29 is 18.7 Å². The Hall–Kier alpha value is -2.51. The third-order valence-electron chi connectivity index (χ3n) is 7.06. The summed E-state index contributed by atoms with van der Waals surface area (Å²) in [5.41, 5.74) is 0.0537. The quantitative estimate of drug-likeness (QED) is 0.666. The van der Waals surface area contributed by atoms with Crippen LogP contribution >= 0.6 is 0 Å². The highest BCUT2D eigenvalue weighted by Gasteiger charge is 2.39. The fraction of sp³-hybridized carbons (Fsp3) is 0.500. The summed E-state index contributed by atoms with van der Waals surface area (Å²) in [6.07, 6.45) is 3.50. The molecule has 2 aromatic carbocycles. The van der Waals surface area contributed by atoms with Crippen molar-refractivity contribution in [3.63, 3.8) is 0 Å². The fourth-order valence-electron chi connectivity index (χ4n) is 4.90. The maximum Gasteiger partial charge on any atom is 0.252 e. The van der Waals surface area contributed by atoms with Gasteiger partial charge in [0, 0.05) is 45.1 Å². The first-order valence-corrected chi connectivity index (χ1v) is 11.9. The first kappa shape index (κ1) is 23.6. The van der Waals surface area contributed by atoms with Crippen LogP contribution in [0.25, 0.3) is 0 Å². The number of halogens is 2. The lowest BCUT2D eigenvalue weighted by Crippen LogP contribution is -2.54. The van der Waals surface area contributed by atoms with E-state index in [1.165, 1.54) is 5.56 Å². The van der Waals surface area contributed by atoms with Crippen molar-refractivity contribution in [1.29, 1.82) is 0 Å². The van der Waals surface area contributed by atoms with Gasteiger partial charge in [-0.25, -0.2) is 8.78 Å². The molecule has 0 unspecified atom stereocenters. The predicted molar refractivity (Wildman–Crippen MR) is 125 cm³/mol. The molecule has 0 aromatic heterocycles. The van der Waals surface area contributed by atoms with Crippen LogP contribution < -0.4 is 10.2 Å². The van der Waals surface area contributed by atoms with Crippen LogP contribution in [0.3, 0.4) is 0 Å². The number of nitrogens with one attached hydrogen (secondary N) is 1. The second-order valence-electron chi connectivity index (χ2n) is 9.36. The van der Waals surface area contributed by atoms with Crippen LogP contribution in [0.1, 0.15) is 37.7 Å². The largest absolute Gasteiger partial charge is 0.380 e. The molecule has 0 radical (unpaired) electrons. The summed E-state index contributed by atoms with van der Waals surface area (Å²) in [7, 11) is 0. The number of hydrogen-bond acceptors (Lipinski definition) is 4. The number of nitrogens with zero attached hydrogens (tertiary/aromatic N) is 2. The van der Waals surface area contributed by atoms with Gasteiger partial charge in [0.1, 0.15) is 17.2 Å². The Bertz CT molecular complexity index is 924. The Morgan fingerprint density at radius 3 is 2.42 bits per heavy atom. The topological polar surface area (TPSA) is 55.8 Å². The molecule has 0 spiro atoms. The van der Waals surface area contributed by atoms with Gasteiger partial charge < -0.3 is 15.3 Å². The molecule has 178 valence electrons. The standard InChI is InChI=1S/C26H33F2N3O2/c27-22-6-7-23(28)24(18-22)31-16-11-26(33,12-17-31)25(32)29-13-8-20-9-14-30(15-10-20)19-21-4-2-1-3-5-21/h1-7,18,20,33H,8-17,19H2,(H,29,32). The van der Waals surface area contributed by atoms with Gasteiger partial charge >= 0.3 is 0 Å². The van der Waals surface area contributed by atoms with Crippen molar-refractivity contribution in [3.05, 3.63) is 65.7 Å². The van der Waals surface area contributed by atoms with Gasteiger partial charge in [0.25, 0.3) is 5.91 Å². The Morgan fingerprint density at radius 1 is 1.03 bits per heavy atom. The molecule has 0 bridgehead atoms. The van der Waals surface area contributed by atoms with Crippen LogP contribution in [0.4, 0.5) is 14.5 Å². The van der Waals surface area contributed by atoms with Crippen molar-refractivity contribution in [2.45, 2.75) is 44.2 Å². The summed E-state index contributed by atoms with van der Waals surface area (Å²) in [5, 5.41) is 13.7. The number of aliphatic hydroxyl groups is 1. The maximum absolute atomic E-state index is 14.0. The molecule has 0 atom stereocenters. The molecule has 0 saturated carbocycles. The SMILES string of the molecule is O=C(NCCC1CCN(Cc2ccccc2)CC1)C1(O)CCN(c2cc(F)ccc2F)CC1. The van der Waals surface area contributed by atoms with Gasteiger partial charge in [0.2, 0.25) is 0 Å². The lowest BCUT2D eigenvalue weighted by molar-refractivity contribution is -0.141. The van der Waals surface area contributed by atoms with Crippen LogP contribution in [0, 0.1) is 17.6 Å². The molecule has 4 rings (SSSR count). The van der Waals surface area contributed by atoms with Gasteiger partial charge in [0.05, 0.1) is 5.69 Å². The van der Waals surface area contributed by atoms with E-state index in [1.54, 1.807) is 4.90 Å². The number of piperidine rings is 2. The molecule has 2 aliphatic heterocycles. The minimum Gasteiger partial charge on any atom is -0.380 e. The molecule has 2 fully saturated rings. The Balaban J connectivity index is 1.17. The normalized spacial score (nSPS) is 19.4. The van der Waals surface area contributed by atoms with Crippen LogP contribution in [0.5, 0.6) is 0 Å². The van der Waals surface area contributed by atoms with Crippen LogP contribution in [0.15, 0.2) is 48.5 Å². The number of carbonyl (C=O) groups is 1. The van der Waals surface area contributed by atoms with Gasteiger partial charge in [-0.3, -0.25) is 9.69 Å². The zero-order valence-corrected chi connectivity index (χ0v) is 19.0. The van der Waals surface area contributed by atoms with Crippen molar-refractivity contribution >= 4 is 11.6 Å². The van der Waals surface area contributed by atoms with Crippen LogP contribution in [0.2, 0.25) is 0 Å². The van der Waals surface area contributed by atoms with E-state index >= 15 is 0 Å². The Morgan fingerprint density at radius 2 is 1.73 bits per heavy atom. The van der Waals surface area contributed by atoms with Crippen LogP contribution in [-0.2, 0) is 11.3 Å². The number of likely N-dealkylation sites (tertiary alicyclic amines) is 1. The Kier molecular flexibility index (Phi) is 7.60. The van der Waals surface area contributed by atoms with E-state index in [1.807, 2.05) is 6.07 Å². The first-order valence-electron chi connectivity index (χ1n) is 11.9. The number of amides is 1. The Labute approximate surface area is 194 Å². The minimum atomic E-state index is -1.46. The van der Waals surface area contributed by atoms with Crippen molar-refractivity contribution in [2.24, 2.45) is 5.92 Å². The van der Waals surface area contributed by atoms with E-state index in [-0.39, 0.29) is 24.4 Å². The van der Waals surface area contributed by atoms with Gasteiger partial charge in [-0.2, -0.15) is 0 Å².